The highest BCUT2D eigenvalue weighted by atomic mass is 16.5. The molecule has 88 valence electrons. The Labute approximate surface area is 97.6 Å². The predicted molar refractivity (Wildman–Crippen MR) is 61.2 cm³/mol. The number of nitrogens with zero attached hydrogens (tertiary/aromatic N) is 2. The van der Waals surface area contributed by atoms with Gasteiger partial charge in [0.1, 0.15) is 0 Å². The molecule has 1 aromatic heterocycles. The summed E-state index contributed by atoms with van der Waals surface area (Å²) in [4.78, 5) is 15.1. The summed E-state index contributed by atoms with van der Waals surface area (Å²) in [5.41, 5.74) is 1.95. The number of carboxylic acids is 1. The van der Waals surface area contributed by atoms with Crippen LogP contribution >= 0.6 is 0 Å². The Hall–Kier alpha value is -1.88. The van der Waals surface area contributed by atoms with Crippen molar-refractivity contribution < 1.29 is 14.6 Å². The van der Waals surface area contributed by atoms with Gasteiger partial charge in [-0.3, -0.25) is 0 Å². The van der Waals surface area contributed by atoms with Crippen LogP contribution in [0.1, 0.15) is 22.8 Å². The third kappa shape index (κ3) is 1.68. The molecule has 3 rings (SSSR count). The van der Waals surface area contributed by atoms with E-state index in [1.165, 1.54) is 0 Å². The molecule has 0 aliphatic carbocycles. The fraction of sp³-hybridized carbons (Fsp3) is 0.333. The van der Waals surface area contributed by atoms with Gasteiger partial charge in [0.25, 0.3) is 0 Å². The third-order valence-corrected chi connectivity index (χ3v) is 3.12. The van der Waals surface area contributed by atoms with Crippen LogP contribution in [-0.2, 0) is 4.74 Å². The second-order valence-corrected chi connectivity index (χ2v) is 4.18. The molecule has 1 saturated heterocycles. The maximum absolute atomic E-state index is 10.9. The minimum absolute atomic E-state index is 0.269. The fourth-order valence-electron chi connectivity index (χ4n) is 2.20. The summed E-state index contributed by atoms with van der Waals surface area (Å²) in [7, 11) is 0. The van der Waals surface area contributed by atoms with Gasteiger partial charge in [0, 0.05) is 6.61 Å². The number of fused-ring (bicyclic) bond motifs is 1. The van der Waals surface area contributed by atoms with Crippen LogP contribution in [0.5, 0.6) is 0 Å². The summed E-state index contributed by atoms with van der Waals surface area (Å²) in [6.07, 6.45) is 2.74. The van der Waals surface area contributed by atoms with Gasteiger partial charge < -0.3 is 14.4 Å². The van der Waals surface area contributed by atoms with Gasteiger partial charge >= 0.3 is 5.97 Å². The van der Waals surface area contributed by atoms with Crippen molar-refractivity contribution in [3.8, 4) is 0 Å². The molecule has 0 saturated carbocycles. The summed E-state index contributed by atoms with van der Waals surface area (Å²) in [5, 5.41) is 8.91. The van der Waals surface area contributed by atoms with E-state index < -0.39 is 5.97 Å². The lowest BCUT2D eigenvalue weighted by Crippen LogP contribution is -2.07. The van der Waals surface area contributed by atoms with E-state index in [4.69, 9.17) is 9.84 Å². The first-order chi connectivity index (χ1) is 8.25. The van der Waals surface area contributed by atoms with E-state index in [9.17, 15) is 4.79 Å². The Morgan fingerprint density at radius 1 is 1.53 bits per heavy atom. The van der Waals surface area contributed by atoms with Gasteiger partial charge in [-0.15, -0.1) is 0 Å². The fourth-order valence-corrected chi connectivity index (χ4v) is 2.20. The van der Waals surface area contributed by atoms with E-state index in [2.05, 4.69) is 9.55 Å². The van der Waals surface area contributed by atoms with Gasteiger partial charge in [-0.05, 0) is 24.6 Å². The van der Waals surface area contributed by atoms with Crippen molar-refractivity contribution in [2.45, 2.75) is 12.5 Å². The maximum Gasteiger partial charge on any atom is 0.335 e. The van der Waals surface area contributed by atoms with Crippen LogP contribution in [-0.4, -0.2) is 33.8 Å². The molecule has 1 aliphatic heterocycles. The minimum atomic E-state index is -0.925. The molecule has 0 radical (unpaired) electrons. The van der Waals surface area contributed by atoms with Crippen molar-refractivity contribution in [2.75, 3.05) is 13.2 Å². The number of ether oxygens (including phenoxy) is 1. The molecule has 1 unspecified atom stereocenters. The molecule has 0 bridgehead atoms. The lowest BCUT2D eigenvalue weighted by atomic mass is 10.2. The second kappa shape index (κ2) is 3.85. The molecule has 2 heterocycles. The van der Waals surface area contributed by atoms with Crippen molar-refractivity contribution in [1.29, 1.82) is 0 Å². The number of benzene rings is 1. The molecule has 1 N–H and O–H groups in total. The van der Waals surface area contributed by atoms with E-state index in [0.29, 0.717) is 12.6 Å². The number of carboxylic acid groups (broad SMARTS) is 1. The quantitative estimate of drug-likeness (QED) is 0.855. The largest absolute Gasteiger partial charge is 0.478 e. The summed E-state index contributed by atoms with van der Waals surface area (Å²) in [6, 6.07) is 5.34. The molecule has 1 fully saturated rings. The second-order valence-electron chi connectivity index (χ2n) is 4.18. The van der Waals surface area contributed by atoms with Crippen LogP contribution in [0.15, 0.2) is 24.5 Å². The van der Waals surface area contributed by atoms with E-state index in [0.717, 1.165) is 24.1 Å². The smallest absolute Gasteiger partial charge is 0.335 e. The molecular formula is C12H12N2O3. The van der Waals surface area contributed by atoms with Gasteiger partial charge in [-0.25, -0.2) is 9.78 Å². The first-order valence-electron chi connectivity index (χ1n) is 5.53. The zero-order chi connectivity index (χ0) is 11.8. The predicted octanol–water partition coefficient (Wildman–Crippen LogP) is 1.70. The van der Waals surface area contributed by atoms with Crippen LogP contribution in [0.25, 0.3) is 11.0 Å². The number of hydrogen-bond donors (Lipinski definition) is 1. The normalized spacial score (nSPS) is 19.9. The Kier molecular flexibility index (Phi) is 2.33. The van der Waals surface area contributed by atoms with Crippen LogP contribution in [0.2, 0.25) is 0 Å². The van der Waals surface area contributed by atoms with Gasteiger partial charge in [0.2, 0.25) is 0 Å². The number of aromatic nitrogens is 2. The first kappa shape index (κ1) is 10.3. The summed E-state index contributed by atoms with van der Waals surface area (Å²) in [6.45, 7) is 1.48. The zero-order valence-corrected chi connectivity index (χ0v) is 9.17. The highest BCUT2D eigenvalue weighted by Crippen LogP contribution is 2.24. The SMILES string of the molecule is O=C(O)c1ccc2c(c1)ncn2C1CCOC1. The number of imidazole rings is 1. The van der Waals surface area contributed by atoms with Crippen molar-refractivity contribution in [3.05, 3.63) is 30.1 Å². The van der Waals surface area contributed by atoms with Gasteiger partial charge in [-0.2, -0.15) is 0 Å². The highest BCUT2D eigenvalue weighted by molar-refractivity contribution is 5.92. The number of hydrogen-bond acceptors (Lipinski definition) is 3. The lowest BCUT2D eigenvalue weighted by molar-refractivity contribution is 0.0697. The highest BCUT2D eigenvalue weighted by Gasteiger charge is 2.19. The molecular weight excluding hydrogens is 220 g/mol. The molecule has 1 aromatic carbocycles. The average molecular weight is 232 g/mol. The maximum atomic E-state index is 10.9. The molecule has 1 aliphatic rings. The molecule has 2 aromatic rings. The summed E-state index contributed by atoms with van der Waals surface area (Å²) < 4.78 is 7.41. The van der Waals surface area contributed by atoms with E-state index in [1.807, 2.05) is 6.07 Å². The van der Waals surface area contributed by atoms with Crippen molar-refractivity contribution in [3.63, 3.8) is 0 Å². The van der Waals surface area contributed by atoms with Gasteiger partial charge in [0.05, 0.1) is 35.6 Å². The summed E-state index contributed by atoms with van der Waals surface area (Å²) in [5.74, 6) is -0.925. The Balaban J connectivity index is 2.07. The lowest BCUT2D eigenvalue weighted by Gasteiger charge is -2.10. The molecule has 5 nitrogen and oxygen atoms in total. The molecule has 0 spiro atoms. The van der Waals surface area contributed by atoms with Crippen LogP contribution in [0, 0.1) is 0 Å². The topological polar surface area (TPSA) is 64.3 Å². The third-order valence-electron chi connectivity index (χ3n) is 3.12. The zero-order valence-electron chi connectivity index (χ0n) is 9.17. The van der Waals surface area contributed by atoms with Crippen LogP contribution < -0.4 is 0 Å². The van der Waals surface area contributed by atoms with E-state index in [-0.39, 0.29) is 5.56 Å². The molecule has 1 atom stereocenters. The minimum Gasteiger partial charge on any atom is -0.478 e. The van der Waals surface area contributed by atoms with E-state index >= 15 is 0 Å². The number of aromatic carboxylic acids is 1. The van der Waals surface area contributed by atoms with Crippen molar-refractivity contribution in [1.82, 2.24) is 9.55 Å². The monoisotopic (exact) mass is 232 g/mol. The van der Waals surface area contributed by atoms with Crippen LogP contribution in [0.3, 0.4) is 0 Å². The van der Waals surface area contributed by atoms with Crippen molar-refractivity contribution >= 4 is 17.0 Å². The Morgan fingerprint density at radius 3 is 3.12 bits per heavy atom. The molecule has 0 amide bonds. The van der Waals surface area contributed by atoms with Gasteiger partial charge in [0.15, 0.2) is 0 Å². The summed E-state index contributed by atoms with van der Waals surface area (Å²) >= 11 is 0. The Morgan fingerprint density at radius 2 is 2.41 bits per heavy atom. The Bertz CT molecular complexity index is 570. The van der Waals surface area contributed by atoms with Gasteiger partial charge in [-0.1, -0.05) is 0 Å². The van der Waals surface area contributed by atoms with E-state index in [1.54, 1.807) is 18.5 Å². The first-order valence-corrected chi connectivity index (χ1v) is 5.53. The standard InChI is InChI=1S/C12H12N2O3/c15-12(16)8-1-2-11-10(5-8)13-7-14(11)9-3-4-17-6-9/h1-2,5,7,9H,3-4,6H2,(H,15,16). The number of carbonyl (C=O) groups is 1. The van der Waals surface area contributed by atoms with Crippen molar-refractivity contribution in [2.24, 2.45) is 0 Å². The van der Waals surface area contributed by atoms with Crippen LogP contribution in [0.4, 0.5) is 0 Å². The average Bonchev–Trinajstić information content (AvgIpc) is 2.96. The molecule has 17 heavy (non-hydrogen) atoms. The number of rotatable bonds is 2. The molecule has 5 heteroatoms.